The maximum Gasteiger partial charge on any atom is 0.339 e. The van der Waals surface area contributed by atoms with Gasteiger partial charge in [0.15, 0.2) is 0 Å². The summed E-state index contributed by atoms with van der Waals surface area (Å²) >= 11 is 0. The van der Waals surface area contributed by atoms with Gasteiger partial charge in [0.05, 0.1) is 30.9 Å². The maximum absolute atomic E-state index is 11.8. The van der Waals surface area contributed by atoms with Gasteiger partial charge in [0, 0.05) is 32.4 Å². The van der Waals surface area contributed by atoms with E-state index in [1.54, 1.807) is 19.2 Å². The SMILES string of the molecule is CCOC(=O)c1ccc(N2CC3OCCN(Cc4ccccc4)C3C2)nc1. The number of fused-ring (bicyclic) bond motifs is 1. The fraction of sp³-hybridized carbons (Fsp3) is 0.429. The van der Waals surface area contributed by atoms with Crippen LogP contribution in [-0.4, -0.2) is 60.8 Å². The first-order valence-electron chi connectivity index (χ1n) is 9.52. The lowest BCUT2D eigenvalue weighted by molar-refractivity contribution is -0.0499. The Bertz CT molecular complexity index is 766. The highest BCUT2D eigenvalue weighted by molar-refractivity contribution is 5.89. The average molecular weight is 367 g/mol. The molecular weight excluding hydrogens is 342 g/mol. The molecule has 0 amide bonds. The summed E-state index contributed by atoms with van der Waals surface area (Å²) in [5.41, 5.74) is 1.81. The second-order valence-corrected chi connectivity index (χ2v) is 6.96. The fourth-order valence-electron chi connectivity index (χ4n) is 3.87. The first kappa shape index (κ1) is 17.9. The van der Waals surface area contributed by atoms with E-state index < -0.39 is 0 Å². The zero-order chi connectivity index (χ0) is 18.6. The number of esters is 1. The Morgan fingerprint density at radius 1 is 1.22 bits per heavy atom. The number of carbonyl (C=O) groups is 1. The number of hydrogen-bond donors (Lipinski definition) is 0. The van der Waals surface area contributed by atoms with Crippen LogP contribution in [0.2, 0.25) is 0 Å². The van der Waals surface area contributed by atoms with Crippen molar-refractivity contribution >= 4 is 11.8 Å². The van der Waals surface area contributed by atoms with Crippen molar-refractivity contribution in [1.82, 2.24) is 9.88 Å². The van der Waals surface area contributed by atoms with Crippen LogP contribution in [0.25, 0.3) is 0 Å². The van der Waals surface area contributed by atoms with Crippen LogP contribution in [-0.2, 0) is 16.0 Å². The molecule has 3 heterocycles. The van der Waals surface area contributed by atoms with Gasteiger partial charge in [-0.15, -0.1) is 0 Å². The molecule has 2 aliphatic rings. The molecule has 6 heteroatoms. The molecule has 0 N–H and O–H groups in total. The molecule has 0 bridgehead atoms. The van der Waals surface area contributed by atoms with Crippen LogP contribution in [0.1, 0.15) is 22.8 Å². The van der Waals surface area contributed by atoms with Gasteiger partial charge in [0.2, 0.25) is 0 Å². The van der Waals surface area contributed by atoms with Crippen molar-refractivity contribution in [2.45, 2.75) is 25.6 Å². The first-order chi connectivity index (χ1) is 13.2. The van der Waals surface area contributed by atoms with Gasteiger partial charge in [-0.2, -0.15) is 0 Å². The Morgan fingerprint density at radius 3 is 2.81 bits per heavy atom. The summed E-state index contributed by atoms with van der Waals surface area (Å²) in [6.07, 6.45) is 1.78. The molecule has 0 saturated carbocycles. The van der Waals surface area contributed by atoms with Crippen LogP contribution in [0.15, 0.2) is 48.7 Å². The van der Waals surface area contributed by atoms with E-state index in [-0.39, 0.29) is 12.1 Å². The van der Waals surface area contributed by atoms with Gasteiger partial charge in [0.25, 0.3) is 0 Å². The van der Waals surface area contributed by atoms with Crippen LogP contribution < -0.4 is 4.90 Å². The second kappa shape index (κ2) is 8.06. The van der Waals surface area contributed by atoms with Crippen LogP contribution >= 0.6 is 0 Å². The van der Waals surface area contributed by atoms with Gasteiger partial charge in [-0.25, -0.2) is 9.78 Å². The summed E-state index contributed by atoms with van der Waals surface area (Å²) in [5.74, 6) is 0.546. The largest absolute Gasteiger partial charge is 0.462 e. The van der Waals surface area contributed by atoms with Crippen LogP contribution in [0, 0.1) is 0 Å². The smallest absolute Gasteiger partial charge is 0.339 e. The Hall–Kier alpha value is -2.44. The fourth-order valence-corrected chi connectivity index (χ4v) is 3.87. The highest BCUT2D eigenvalue weighted by Gasteiger charge is 2.40. The summed E-state index contributed by atoms with van der Waals surface area (Å²) in [7, 11) is 0. The van der Waals surface area contributed by atoms with Crippen molar-refractivity contribution in [2.24, 2.45) is 0 Å². The third kappa shape index (κ3) is 3.96. The molecule has 2 unspecified atom stereocenters. The standard InChI is InChI=1S/C21H25N3O3/c1-2-26-21(25)17-8-9-20(22-12-17)24-14-18-19(15-24)27-11-10-23(18)13-16-6-4-3-5-7-16/h3-9,12,18-19H,2,10-11,13-15H2,1H3. The van der Waals surface area contributed by atoms with E-state index in [1.807, 2.05) is 6.07 Å². The minimum atomic E-state index is -0.330. The molecule has 2 saturated heterocycles. The lowest BCUT2D eigenvalue weighted by atomic mass is 10.1. The summed E-state index contributed by atoms with van der Waals surface area (Å²) in [4.78, 5) is 21.0. The molecule has 6 nitrogen and oxygen atoms in total. The highest BCUT2D eigenvalue weighted by Crippen LogP contribution is 2.27. The number of carbonyl (C=O) groups excluding carboxylic acids is 1. The number of anilines is 1. The topological polar surface area (TPSA) is 54.9 Å². The Kier molecular flexibility index (Phi) is 5.36. The lowest BCUT2D eigenvalue weighted by Gasteiger charge is -2.36. The van der Waals surface area contributed by atoms with Crippen molar-refractivity contribution < 1.29 is 14.3 Å². The molecule has 4 rings (SSSR count). The Morgan fingerprint density at radius 2 is 2.07 bits per heavy atom. The minimum Gasteiger partial charge on any atom is -0.462 e. The molecule has 2 aromatic rings. The summed E-state index contributed by atoms with van der Waals surface area (Å²) in [6, 6.07) is 14.6. The number of aromatic nitrogens is 1. The molecule has 0 aliphatic carbocycles. The van der Waals surface area contributed by atoms with Crippen molar-refractivity contribution in [3.8, 4) is 0 Å². The van der Waals surface area contributed by atoms with E-state index in [9.17, 15) is 4.79 Å². The van der Waals surface area contributed by atoms with E-state index in [4.69, 9.17) is 9.47 Å². The van der Waals surface area contributed by atoms with E-state index in [0.717, 1.165) is 38.6 Å². The monoisotopic (exact) mass is 367 g/mol. The maximum atomic E-state index is 11.8. The number of benzene rings is 1. The van der Waals surface area contributed by atoms with Crippen molar-refractivity contribution in [1.29, 1.82) is 0 Å². The molecule has 2 atom stereocenters. The molecule has 1 aromatic heterocycles. The van der Waals surface area contributed by atoms with Gasteiger partial charge in [0.1, 0.15) is 5.82 Å². The van der Waals surface area contributed by atoms with Crippen molar-refractivity contribution in [3.05, 3.63) is 59.8 Å². The van der Waals surface area contributed by atoms with Crippen molar-refractivity contribution in [2.75, 3.05) is 37.7 Å². The normalized spacial score (nSPS) is 22.5. The predicted octanol–water partition coefficient (Wildman–Crippen LogP) is 2.35. The Labute approximate surface area is 159 Å². The molecule has 2 aliphatic heterocycles. The summed E-state index contributed by atoms with van der Waals surface area (Å²) in [5, 5.41) is 0. The van der Waals surface area contributed by atoms with Crippen molar-refractivity contribution in [3.63, 3.8) is 0 Å². The van der Waals surface area contributed by atoms with Gasteiger partial charge in [-0.3, -0.25) is 4.90 Å². The predicted molar refractivity (Wildman–Crippen MR) is 103 cm³/mol. The average Bonchev–Trinajstić information content (AvgIpc) is 3.14. The minimum absolute atomic E-state index is 0.189. The lowest BCUT2D eigenvalue weighted by Crippen LogP contribution is -2.50. The molecule has 1 aromatic carbocycles. The van der Waals surface area contributed by atoms with Gasteiger partial charge in [-0.1, -0.05) is 30.3 Å². The second-order valence-electron chi connectivity index (χ2n) is 6.96. The third-order valence-corrected chi connectivity index (χ3v) is 5.23. The van der Waals surface area contributed by atoms with Crippen LogP contribution in [0.3, 0.4) is 0 Å². The Balaban J connectivity index is 1.44. The zero-order valence-corrected chi connectivity index (χ0v) is 15.6. The molecule has 0 radical (unpaired) electrons. The number of rotatable bonds is 5. The summed E-state index contributed by atoms with van der Waals surface area (Å²) < 4.78 is 11.1. The molecular formula is C21H25N3O3. The summed E-state index contributed by atoms with van der Waals surface area (Å²) in [6.45, 7) is 6.51. The van der Waals surface area contributed by atoms with Crippen LogP contribution in [0.4, 0.5) is 5.82 Å². The van der Waals surface area contributed by atoms with E-state index in [0.29, 0.717) is 18.2 Å². The van der Waals surface area contributed by atoms with E-state index >= 15 is 0 Å². The molecule has 2 fully saturated rings. The van der Waals surface area contributed by atoms with E-state index in [2.05, 4.69) is 45.1 Å². The van der Waals surface area contributed by atoms with Gasteiger partial charge >= 0.3 is 5.97 Å². The molecule has 0 spiro atoms. The quantitative estimate of drug-likeness (QED) is 0.756. The molecule has 142 valence electrons. The highest BCUT2D eigenvalue weighted by atomic mass is 16.5. The van der Waals surface area contributed by atoms with Crippen LogP contribution in [0.5, 0.6) is 0 Å². The number of ether oxygens (including phenoxy) is 2. The number of pyridine rings is 1. The number of hydrogen-bond acceptors (Lipinski definition) is 6. The van der Waals surface area contributed by atoms with Gasteiger partial charge in [-0.05, 0) is 24.6 Å². The first-order valence-corrected chi connectivity index (χ1v) is 9.52. The number of morpholine rings is 1. The molecule has 27 heavy (non-hydrogen) atoms. The number of nitrogens with zero attached hydrogens (tertiary/aromatic N) is 3. The van der Waals surface area contributed by atoms with E-state index in [1.165, 1.54) is 5.56 Å². The van der Waals surface area contributed by atoms with Gasteiger partial charge < -0.3 is 14.4 Å². The third-order valence-electron chi connectivity index (χ3n) is 5.23. The zero-order valence-electron chi connectivity index (χ0n) is 15.6.